The Morgan fingerprint density at radius 3 is 2.55 bits per heavy atom. The topological polar surface area (TPSA) is 50.7 Å². The van der Waals surface area contributed by atoms with Gasteiger partial charge in [0.25, 0.3) is 5.91 Å². The second-order valence-corrected chi connectivity index (χ2v) is 7.18. The number of methoxy groups -OCH3 is 1. The molecule has 0 aliphatic heterocycles. The van der Waals surface area contributed by atoms with Gasteiger partial charge in [0, 0.05) is 9.13 Å². The molecular weight excluding hydrogens is 527 g/mol. The van der Waals surface area contributed by atoms with E-state index in [2.05, 4.69) is 65.0 Å². The average Bonchev–Trinajstić information content (AvgIpc) is 2.47. The summed E-state index contributed by atoms with van der Waals surface area (Å²) >= 11 is 9.00. The van der Waals surface area contributed by atoms with Gasteiger partial charge in [0.05, 0.1) is 22.3 Å². The summed E-state index contributed by atoms with van der Waals surface area (Å²) < 4.78 is 7.83. The van der Waals surface area contributed by atoms with Crippen LogP contribution in [0.3, 0.4) is 0 Å². The number of hydrazone groups is 1. The van der Waals surface area contributed by atoms with Crippen LogP contribution in [0.15, 0.2) is 50.4 Å². The van der Waals surface area contributed by atoms with Gasteiger partial charge in [-0.2, -0.15) is 5.10 Å². The van der Waals surface area contributed by atoms with E-state index in [1.807, 2.05) is 24.3 Å². The summed E-state index contributed by atoms with van der Waals surface area (Å²) in [5.41, 5.74) is 3.90. The van der Waals surface area contributed by atoms with Crippen LogP contribution < -0.4 is 10.2 Å². The molecule has 114 valence electrons. The van der Waals surface area contributed by atoms with Gasteiger partial charge < -0.3 is 4.74 Å². The molecule has 7 heteroatoms. The fourth-order valence-electron chi connectivity index (χ4n) is 1.71. The third kappa shape index (κ3) is 4.53. The molecular formula is C15H11Br2IN2O2. The van der Waals surface area contributed by atoms with Gasteiger partial charge in [0.15, 0.2) is 0 Å². The molecule has 0 saturated heterocycles. The number of benzene rings is 2. The minimum atomic E-state index is -0.249. The number of nitrogens with zero attached hydrogens (tertiary/aromatic N) is 1. The van der Waals surface area contributed by atoms with Crippen molar-refractivity contribution < 1.29 is 9.53 Å². The maximum absolute atomic E-state index is 12.0. The lowest BCUT2D eigenvalue weighted by atomic mass is 10.2. The van der Waals surface area contributed by atoms with Crippen molar-refractivity contribution in [3.8, 4) is 5.75 Å². The minimum absolute atomic E-state index is 0.249. The second-order valence-electron chi connectivity index (χ2n) is 4.23. The normalized spacial score (nSPS) is 10.7. The highest BCUT2D eigenvalue weighted by Crippen LogP contribution is 2.33. The highest BCUT2D eigenvalue weighted by atomic mass is 127. The zero-order valence-electron chi connectivity index (χ0n) is 11.4. The van der Waals surface area contributed by atoms with Crippen LogP contribution in [0.25, 0.3) is 0 Å². The number of halogens is 3. The number of ether oxygens (including phenoxy) is 1. The Balaban J connectivity index is 2.08. The van der Waals surface area contributed by atoms with E-state index in [0.717, 1.165) is 18.1 Å². The van der Waals surface area contributed by atoms with Gasteiger partial charge in [-0.15, -0.1) is 0 Å². The first-order valence-corrected chi connectivity index (χ1v) is 8.79. The van der Waals surface area contributed by atoms with Crippen molar-refractivity contribution in [2.24, 2.45) is 5.10 Å². The molecule has 1 amide bonds. The Hall–Kier alpha value is -0.930. The van der Waals surface area contributed by atoms with E-state index in [1.54, 1.807) is 25.5 Å². The molecule has 2 aromatic rings. The number of carbonyl (C=O) groups excluding carboxylic acids is 1. The Bertz CT molecular complexity index is 712. The highest BCUT2D eigenvalue weighted by molar-refractivity contribution is 14.1. The number of nitrogens with one attached hydrogen (secondary N) is 1. The molecule has 2 aromatic carbocycles. The first-order chi connectivity index (χ1) is 10.5. The number of carbonyl (C=O) groups is 1. The van der Waals surface area contributed by atoms with Gasteiger partial charge in [0.2, 0.25) is 0 Å². The molecule has 0 heterocycles. The van der Waals surface area contributed by atoms with Crippen LogP contribution in [-0.2, 0) is 0 Å². The van der Waals surface area contributed by atoms with Gasteiger partial charge in [-0.1, -0.05) is 6.07 Å². The smallest absolute Gasteiger partial charge is 0.271 e. The van der Waals surface area contributed by atoms with Crippen LogP contribution in [0.4, 0.5) is 0 Å². The van der Waals surface area contributed by atoms with Crippen molar-refractivity contribution in [2.75, 3.05) is 7.11 Å². The molecule has 0 unspecified atom stereocenters. The van der Waals surface area contributed by atoms with Crippen molar-refractivity contribution in [3.05, 3.63) is 60.0 Å². The Kier molecular flexibility index (Phi) is 6.39. The summed E-state index contributed by atoms with van der Waals surface area (Å²) in [5.74, 6) is 0.460. The third-order valence-electron chi connectivity index (χ3n) is 2.69. The van der Waals surface area contributed by atoms with E-state index in [9.17, 15) is 4.79 Å². The van der Waals surface area contributed by atoms with Crippen molar-refractivity contribution in [2.45, 2.75) is 0 Å². The summed E-state index contributed by atoms with van der Waals surface area (Å²) in [4.78, 5) is 12.0. The van der Waals surface area contributed by atoms with E-state index < -0.39 is 0 Å². The van der Waals surface area contributed by atoms with E-state index in [-0.39, 0.29) is 5.91 Å². The van der Waals surface area contributed by atoms with Gasteiger partial charge in [-0.25, -0.2) is 5.43 Å². The van der Waals surface area contributed by atoms with E-state index in [1.165, 1.54) is 0 Å². The highest BCUT2D eigenvalue weighted by Gasteiger charge is 2.07. The van der Waals surface area contributed by atoms with E-state index >= 15 is 0 Å². The maximum Gasteiger partial charge on any atom is 0.271 e. The maximum atomic E-state index is 12.0. The molecule has 22 heavy (non-hydrogen) atoms. The van der Waals surface area contributed by atoms with Gasteiger partial charge in [0.1, 0.15) is 5.75 Å². The molecule has 0 aromatic heterocycles. The summed E-state index contributed by atoms with van der Waals surface area (Å²) in [6.45, 7) is 0. The lowest BCUT2D eigenvalue weighted by molar-refractivity contribution is 0.0955. The summed E-state index contributed by atoms with van der Waals surface area (Å²) in [5, 5.41) is 3.98. The molecule has 0 saturated carbocycles. The first kappa shape index (κ1) is 17.4. The summed E-state index contributed by atoms with van der Waals surface area (Å²) in [6, 6.07) is 11.0. The predicted octanol–water partition coefficient (Wildman–Crippen LogP) is 4.59. The average molecular weight is 538 g/mol. The number of hydrogen-bond acceptors (Lipinski definition) is 3. The van der Waals surface area contributed by atoms with E-state index in [4.69, 9.17) is 4.74 Å². The van der Waals surface area contributed by atoms with Crippen LogP contribution >= 0.6 is 54.5 Å². The van der Waals surface area contributed by atoms with Crippen molar-refractivity contribution >= 4 is 66.6 Å². The van der Waals surface area contributed by atoms with Gasteiger partial charge in [-0.05, 0) is 90.3 Å². The predicted molar refractivity (Wildman–Crippen MR) is 103 cm³/mol. The lowest BCUT2D eigenvalue weighted by Crippen LogP contribution is -2.17. The second kappa shape index (κ2) is 8.07. The fourth-order valence-corrected chi connectivity index (χ4v) is 3.80. The van der Waals surface area contributed by atoms with Crippen LogP contribution in [0.5, 0.6) is 5.75 Å². The van der Waals surface area contributed by atoms with Gasteiger partial charge in [-0.3, -0.25) is 4.79 Å². The molecule has 0 aliphatic rings. The molecule has 2 rings (SSSR count). The largest absolute Gasteiger partial charge is 0.494 e. The Morgan fingerprint density at radius 2 is 1.95 bits per heavy atom. The fraction of sp³-hybridized carbons (Fsp3) is 0.0667. The molecule has 0 radical (unpaired) electrons. The van der Waals surface area contributed by atoms with Crippen molar-refractivity contribution in [1.82, 2.24) is 5.43 Å². The molecule has 4 nitrogen and oxygen atoms in total. The molecule has 0 spiro atoms. The Labute approximate surface area is 158 Å². The number of amides is 1. The zero-order valence-corrected chi connectivity index (χ0v) is 16.8. The third-order valence-corrected chi connectivity index (χ3v) is 4.54. The Morgan fingerprint density at radius 1 is 1.27 bits per heavy atom. The van der Waals surface area contributed by atoms with Gasteiger partial charge >= 0.3 is 0 Å². The molecule has 1 N–H and O–H groups in total. The summed E-state index contributed by atoms with van der Waals surface area (Å²) in [7, 11) is 1.60. The molecule has 0 aliphatic carbocycles. The number of rotatable bonds is 4. The summed E-state index contributed by atoms with van der Waals surface area (Å²) in [6.07, 6.45) is 1.57. The monoisotopic (exact) mass is 536 g/mol. The SMILES string of the molecule is COc1c(Br)cc(C=NNC(=O)c2cccc(I)c2)cc1Br. The number of hydrogen-bond donors (Lipinski definition) is 1. The zero-order chi connectivity index (χ0) is 16.1. The molecule has 0 fully saturated rings. The van der Waals surface area contributed by atoms with Crippen LogP contribution in [0.1, 0.15) is 15.9 Å². The molecule has 0 atom stereocenters. The molecule has 0 bridgehead atoms. The van der Waals surface area contributed by atoms with Crippen molar-refractivity contribution in [3.63, 3.8) is 0 Å². The standard InChI is InChI=1S/C15H11Br2IN2O2/c1-22-14-12(16)5-9(6-13(14)17)8-19-20-15(21)10-3-2-4-11(18)7-10/h2-8H,1H3,(H,20,21). The van der Waals surface area contributed by atoms with Crippen LogP contribution in [-0.4, -0.2) is 19.2 Å². The minimum Gasteiger partial charge on any atom is -0.494 e. The van der Waals surface area contributed by atoms with E-state index in [0.29, 0.717) is 11.3 Å². The van der Waals surface area contributed by atoms with Crippen LogP contribution in [0.2, 0.25) is 0 Å². The quantitative estimate of drug-likeness (QED) is 0.352. The first-order valence-electron chi connectivity index (χ1n) is 6.13. The van der Waals surface area contributed by atoms with Crippen molar-refractivity contribution in [1.29, 1.82) is 0 Å². The van der Waals surface area contributed by atoms with Crippen LogP contribution in [0, 0.1) is 3.57 Å². The lowest BCUT2D eigenvalue weighted by Gasteiger charge is -2.06.